The first-order valence-corrected chi connectivity index (χ1v) is 9.28. The van der Waals surface area contributed by atoms with E-state index in [4.69, 9.17) is 0 Å². The smallest absolute Gasteiger partial charge is 0.191 e. The summed E-state index contributed by atoms with van der Waals surface area (Å²) in [4.78, 5) is 0. The highest BCUT2D eigenvalue weighted by Gasteiger charge is 2.23. The van der Waals surface area contributed by atoms with E-state index >= 15 is 0 Å². The summed E-state index contributed by atoms with van der Waals surface area (Å²) in [5.74, 6) is 0.931. The maximum atomic E-state index is 13.8. The molecule has 24 heavy (non-hydrogen) atoms. The van der Waals surface area contributed by atoms with E-state index in [2.05, 4.69) is 21.3 Å². The molecular weight excluding hydrogens is 328 g/mol. The molecule has 0 N–H and O–H groups in total. The van der Waals surface area contributed by atoms with Crippen molar-refractivity contribution in [3.8, 4) is 0 Å². The molecule has 0 spiro atoms. The molecule has 128 valence electrons. The van der Waals surface area contributed by atoms with Crippen molar-refractivity contribution >= 4 is 11.8 Å². The Balaban J connectivity index is 1.78. The molecule has 1 saturated carbocycles. The zero-order valence-electron chi connectivity index (χ0n) is 13.5. The molecule has 1 aliphatic rings. The molecule has 6 heteroatoms. The molecule has 0 bridgehead atoms. The van der Waals surface area contributed by atoms with Crippen LogP contribution in [0.1, 0.15) is 49.4 Å². The second-order valence-electron chi connectivity index (χ2n) is 6.10. The van der Waals surface area contributed by atoms with Gasteiger partial charge in [0.25, 0.3) is 0 Å². The zero-order chi connectivity index (χ0) is 16.9. The molecule has 0 saturated heterocycles. The van der Waals surface area contributed by atoms with E-state index in [0.717, 1.165) is 36.0 Å². The standard InChI is InChI=1S/C18H21F2N3S/c1-2-10-23-17(13-6-4-3-5-7-13)21-22-18(23)24-12-14-11-15(19)8-9-16(14)20/h2,8-9,11,13H,1,3-7,10,12H2. The zero-order valence-corrected chi connectivity index (χ0v) is 14.4. The maximum Gasteiger partial charge on any atom is 0.191 e. The molecule has 1 fully saturated rings. The van der Waals surface area contributed by atoms with Gasteiger partial charge in [-0.25, -0.2) is 8.78 Å². The SMILES string of the molecule is C=CCn1c(SCc2cc(F)ccc2F)nnc1C1CCCCC1. The van der Waals surface area contributed by atoms with E-state index in [9.17, 15) is 8.78 Å². The fourth-order valence-corrected chi connectivity index (χ4v) is 4.09. The normalized spacial score (nSPS) is 15.6. The molecule has 0 amide bonds. The first-order chi connectivity index (χ1) is 11.7. The van der Waals surface area contributed by atoms with Gasteiger partial charge < -0.3 is 4.57 Å². The number of nitrogens with zero attached hydrogens (tertiary/aromatic N) is 3. The van der Waals surface area contributed by atoms with Crippen LogP contribution in [0.15, 0.2) is 36.0 Å². The van der Waals surface area contributed by atoms with Gasteiger partial charge in [-0.2, -0.15) is 0 Å². The summed E-state index contributed by atoms with van der Waals surface area (Å²) in [6, 6.07) is 3.52. The van der Waals surface area contributed by atoms with Crippen LogP contribution in [0.25, 0.3) is 0 Å². The van der Waals surface area contributed by atoms with Gasteiger partial charge in [0.1, 0.15) is 17.5 Å². The Labute approximate surface area is 145 Å². The lowest BCUT2D eigenvalue weighted by Crippen LogP contribution is -2.12. The highest BCUT2D eigenvalue weighted by molar-refractivity contribution is 7.98. The van der Waals surface area contributed by atoms with Gasteiger partial charge in [-0.15, -0.1) is 16.8 Å². The molecule has 0 unspecified atom stereocenters. The molecule has 1 heterocycles. The Morgan fingerprint density at radius 3 is 2.75 bits per heavy atom. The third-order valence-corrected chi connectivity index (χ3v) is 5.41. The summed E-state index contributed by atoms with van der Waals surface area (Å²) >= 11 is 1.38. The lowest BCUT2D eigenvalue weighted by molar-refractivity contribution is 0.415. The van der Waals surface area contributed by atoms with Crippen LogP contribution in [-0.2, 0) is 12.3 Å². The van der Waals surface area contributed by atoms with Crippen molar-refractivity contribution in [2.45, 2.75) is 55.5 Å². The van der Waals surface area contributed by atoms with E-state index in [-0.39, 0.29) is 0 Å². The van der Waals surface area contributed by atoms with Crippen molar-refractivity contribution in [2.75, 3.05) is 0 Å². The van der Waals surface area contributed by atoms with Gasteiger partial charge >= 0.3 is 0 Å². The quantitative estimate of drug-likeness (QED) is 0.538. The maximum absolute atomic E-state index is 13.8. The van der Waals surface area contributed by atoms with Crippen LogP contribution >= 0.6 is 11.8 Å². The van der Waals surface area contributed by atoms with E-state index in [0.29, 0.717) is 23.8 Å². The van der Waals surface area contributed by atoms with Crippen LogP contribution in [0.3, 0.4) is 0 Å². The summed E-state index contributed by atoms with van der Waals surface area (Å²) < 4.78 is 29.1. The molecule has 1 aromatic carbocycles. The fraction of sp³-hybridized carbons (Fsp3) is 0.444. The molecule has 0 aliphatic heterocycles. The minimum atomic E-state index is -0.428. The van der Waals surface area contributed by atoms with E-state index < -0.39 is 11.6 Å². The Morgan fingerprint density at radius 2 is 2.00 bits per heavy atom. The first kappa shape index (κ1) is 17.1. The second kappa shape index (κ2) is 7.92. The summed E-state index contributed by atoms with van der Waals surface area (Å²) in [5, 5.41) is 9.41. The van der Waals surface area contributed by atoms with Crippen LogP contribution in [0.4, 0.5) is 8.78 Å². The summed E-state index contributed by atoms with van der Waals surface area (Å²) in [5.41, 5.74) is 0.340. The Kier molecular flexibility index (Phi) is 5.66. The molecule has 3 rings (SSSR count). The third-order valence-electron chi connectivity index (χ3n) is 4.39. The van der Waals surface area contributed by atoms with Crippen molar-refractivity contribution in [1.29, 1.82) is 0 Å². The average molecular weight is 349 g/mol. The minimum absolute atomic E-state index is 0.323. The number of halogens is 2. The topological polar surface area (TPSA) is 30.7 Å². The molecule has 2 aromatic rings. The number of allylic oxidation sites excluding steroid dienone is 1. The van der Waals surface area contributed by atoms with Gasteiger partial charge in [0.05, 0.1) is 0 Å². The van der Waals surface area contributed by atoms with Crippen molar-refractivity contribution in [3.05, 3.63) is 53.9 Å². The van der Waals surface area contributed by atoms with Crippen LogP contribution in [0.2, 0.25) is 0 Å². The van der Waals surface area contributed by atoms with Crippen molar-refractivity contribution in [1.82, 2.24) is 14.8 Å². The number of hydrogen-bond donors (Lipinski definition) is 0. The van der Waals surface area contributed by atoms with Crippen LogP contribution in [-0.4, -0.2) is 14.8 Å². The fourth-order valence-electron chi connectivity index (χ4n) is 3.17. The number of benzene rings is 1. The Morgan fingerprint density at radius 1 is 1.21 bits per heavy atom. The second-order valence-corrected chi connectivity index (χ2v) is 7.04. The van der Waals surface area contributed by atoms with Crippen LogP contribution in [0, 0.1) is 11.6 Å². The predicted octanol–water partition coefficient (Wildman–Crippen LogP) is 5.08. The van der Waals surface area contributed by atoms with Crippen LogP contribution in [0.5, 0.6) is 0 Å². The highest BCUT2D eigenvalue weighted by Crippen LogP contribution is 2.34. The first-order valence-electron chi connectivity index (χ1n) is 8.29. The van der Waals surface area contributed by atoms with Gasteiger partial charge in [-0.05, 0) is 31.0 Å². The molecule has 0 atom stereocenters. The van der Waals surface area contributed by atoms with E-state index in [1.165, 1.54) is 37.1 Å². The molecule has 1 aromatic heterocycles. The van der Waals surface area contributed by atoms with Crippen molar-refractivity contribution < 1.29 is 8.78 Å². The molecule has 3 nitrogen and oxygen atoms in total. The third kappa shape index (κ3) is 3.86. The highest BCUT2D eigenvalue weighted by atomic mass is 32.2. The Hall–Kier alpha value is -1.69. The van der Waals surface area contributed by atoms with Gasteiger partial charge in [-0.1, -0.05) is 37.1 Å². The number of rotatable bonds is 6. The number of thioether (sulfide) groups is 1. The summed E-state index contributed by atoms with van der Waals surface area (Å²) in [7, 11) is 0. The summed E-state index contributed by atoms with van der Waals surface area (Å²) in [6.45, 7) is 4.44. The predicted molar refractivity (Wildman–Crippen MR) is 92.0 cm³/mol. The van der Waals surface area contributed by atoms with Crippen LogP contribution < -0.4 is 0 Å². The monoisotopic (exact) mass is 349 g/mol. The lowest BCUT2D eigenvalue weighted by atomic mass is 9.89. The molecule has 1 aliphatic carbocycles. The largest absolute Gasteiger partial charge is 0.302 e. The summed E-state index contributed by atoms with van der Waals surface area (Å²) in [6.07, 6.45) is 7.83. The Bertz CT molecular complexity index is 708. The van der Waals surface area contributed by atoms with Gasteiger partial charge in [0, 0.05) is 23.8 Å². The van der Waals surface area contributed by atoms with Crippen molar-refractivity contribution in [3.63, 3.8) is 0 Å². The van der Waals surface area contributed by atoms with Gasteiger partial charge in [0.15, 0.2) is 5.16 Å². The minimum Gasteiger partial charge on any atom is -0.302 e. The van der Waals surface area contributed by atoms with Gasteiger partial charge in [-0.3, -0.25) is 0 Å². The van der Waals surface area contributed by atoms with Gasteiger partial charge in [0.2, 0.25) is 0 Å². The molecule has 0 radical (unpaired) electrons. The lowest BCUT2D eigenvalue weighted by Gasteiger charge is -2.21. The number of hydrogen-bond acceptors (Lipinski definition) is 3. The average Bonchev–Trinajstić information content (AvgIpc) is 3.00. The van der Waals surface area contributed by atoms with E-state index in [1.807, 2.05) is 6.08 Å². The van der Waals surface area contributed by atoms with Crippen molar-refractivity contribution in [2.24, 2.45) is 0 Å². The number of aromatic nitrogens is 3. The van der Waals surface area contributed by atoms with E-state index in [1.54, 1.807) is 0 Å². The molecular formula is C18H21F2N3S.